The molecule has 3 heteroatoms. The number of hydrogen-bond acceptors (Lipinski definition) is 2. The largest absolute Gasteiger partial charge is 0.229 e. The topological polar surface area (TPSA) is 34.1 Å². The molecule has 1 saturated carbocycles. The van der Waals surface area contributed by atoms with Crippen LogP contribution >= 0.6 is 0 Å². The molecule has 0 saturated heterocycles. The molecule has 1 rings (SSSR count). The maximum Gasteiger partial charge on any atom is 0.153 e. The van der Waals surface area contributed by atoms with Crippen molar-refractivity contribution in [1.82, 2.24) is 0 Å². The first-order chi connectivity index (χ1) is 5.21. The maximum atomic E-state index is 11.6. The molecular weight excluding hydrogens is 172 g/mol. The molecule has 0 unspecified atom stereocenters. The minimum atomic E-state index is -2.89. The number of hydrogen-bond donors (Lipinski definition) is 0. The predicted molar refractivity (Wildman–Crippen MR) is 50.9 cm³/mol. The molecule has 0 aromatic carbocycles. The average Bonchev–Trinajstić information content (AvgIpc) is 1.47. The Hall–Kier alpha value is -0.0500. The van der Waals surface area contributed by atoms with E-state index in [0.29, 0.717) is 0 Å². The van der Waals surface area contributed by atoms with Crippen molar-refractivity contribution in [1.29, 1.82) is 0 Å². The summed E-state index contributed by atoms with van der Waals surface area (Å²) in [5.74, 6) is 0. The van der Waals surface area contributed by atoms with Crippen molar-refractivity contribution in [3.05, 3.63) is 0 Å². The van der Waals surface area contributed by atoms with E-state index in [0.717, 1.165) is 19.3 Å². The van der Waals surface area contributed by atoms with Crippen LogP contribution in [0.1, 0.15) is 40.0 Å². The van der Waals surface area contributed by atoms with E-state index in [1.165, 1.54) is 6.26 Å². The molecule has 0 bridgehead atoms. The Morgan fingerprint density at radius 2 is 1.58 bits per heavy atom. The van der Waals surface area contributed by atoms with Gasteiger partial charge in [0, 0.05) is 6.26 Å². The van der Waals surface area contributed by atoms with Gasteiger partial charge in [0.25, 0.3) is 0 Å². The van der Waals surface area contributed by atoms with E-state index in [-0.39, 0.29) is 5.41 Å². The summed E-state index contributed by atoms with van der Waals surface area (Å²) in [5, 5.41) is 0. The van der Waals surface area contributed by atoms with Gasteiger partial charge in [0.2, 0.25) is 0 Å². The molecule has 0 N–H and O–H groups in total. The van der Waals surface area contributed by atoms with E-state index < -0.39 is 14.6 Å². The van der Waals surface area contributed by atoms with Crippen LogP contribution in [0.25, 0.3) is 0 Å². The first-order valence-corrected chi connectivity index (χ1v) is 6.29. The van der Waals surface area contributed by atoms with Crippen molar-refractivity contribution in [2.24, 2.45) is 5.41 Å². The molecule has 1 aliphatic rings. The highest BCUT2D eigenvalue weighted by Gasteiger charge is 2.54. The van der Waals surface area contributed by atoms with Gasteiger partial charge in [-0.2, -0.15) is 0 Å². The van der Waals surface area contributed by atoms with Crippen LogP contribution in [0, 0.1) is 5.41 Å². The van der Waals surface area contributed by atoms with Gasteiger partial charge in [-0.1, -0.05) is 27.2 Å². The predicted octanol–water partition coefficient (Wildman–Crippen LogP) is 2.00. The van der Waals surface area contributed by atoms with Gasteiger partial charge in [-0.15, -0.1) is 0 Å². The van der Waals surface area contributed by atoms with E-state index in [2.05, 4.69) is 0 Å². The fourth-order valence-electron chi connectivity index (χ4n) is 2.17. The zero-order valence-corrected chi connectivity index (χ0v) is 9.16. The van der Waals surface area contributed by atoms with Crippen molar-refractivity contribution in [2.75, 3.05) is 6.26 Å². The van der Waals surface area contributed by atoms with Gasteiger partial charge in [-0.3, -0.25) is 0 Å². The third kappa shape index (κ3) is 1.18. The Morgan fingerprint density at radius 1 is 1.17 bits per heavy atom. The second kappa shape index (κ2) is 2.47. The fourth-order valence-corrected chi connectivity index (χ4v) is 4.32. The fraction of sp³-hybridized carbons (Fsp3) is 1.00. The molecular formula is C9H18O2S. The lowest BCUT2D eigenvalue weighted by molar-refractivity contribution is 0.169. The summed E-state index contributed by atoms with van der Waals surface area (Å²) in [7, 11) is -2.89. The maximum absolute atomic E-state index is 11.6. The van der Waals surface area contributed by atoms with E-state index in [9.17, 15) is 8.42 Å². The number of rotatable bonds is 1. The smallest absolute Gasteiger partial charge is 0.153 e. The summed E-state index contributed by atoms with van der Waals surface area (Å²) in [6, 6.07) is 0. The van der Waals surface area contributed by atoms with Crippen LogP contribution in [0.4, 0.5) is 0 Å². The van der Waals surface area contributed by atoms with Gasteiger partial charge in [0.05, 0.1) is 4.75 Å². The van der Waals surface area contributed by atoms with Crippen molar-refractivity contribution in [3.8, 4) is 0 Å². The molecule has 0 atom stereocenters. The second-order valence-electron chi connectivity index (χ2n) is 4.87. The third-order valence-electron chi connectivity index (χ3n) is 3.24. The van der Waals surface area contributed by atoms with Gasteiger partial charge < -0.3 is 0 Å². The summed E-state index contributed by atoms with van der Waals surface area (Å²) < 4.78 is 22.7. The minimum Gasteiger partial charge on any atom is -0.229 e. The molecule has 12 heavy (non-hydrogen) atoms. The zero-order chi connectivity index (χ0) is 9.62. The van der Waals surface area contributed by atoms with Crippen LogP contribution in [0.2, 0.25) is 0 Å². The van der Waals surface area contributed by atoms with Crippen molar-refractivity contribution < 1.29 is 8.42 Å². The van der Waals surface area contributed by atoms with Gasteiger partial charge in [0.1, 0.15) is 0 Å². The molecule has 0 aliphatic heterocycles. The highest BCUT2D eigenvalue weighted by molar-refractivity contribution is 7.92. The SMILES string of the molecule is CC(C)(C)C1(S(C)(=O)=O)CCC1. The Bertz CT molecular complexity index is 265. The molecule has 0 heterocycles. The van der Waals surface area contributed by atoms with Gasteiger partial charge >= 0.3 is 0 Å². The molecule has 0 radical (unpaired) electrons. The highest BCUT2D eigenvalue weighted by atomic mass is 32.2. The standard InChI is InChI=1S/C9H18O2S/c1-8(2,3)9(6-5-7-9)12(4,10)11/h5-7H2,1-4H3. The number of sulfone groups is 1. The van der Waals surface area contributed by atoms with Gasteiger partial charge in [-0.25, -0.2) is 8.42 Å². The van der Waals surface area contributed by atoms with Crippen molar-refractivity contribution >= 4 is 9.84 Å². The Kier molecular flexibility index (Phi) is 2.07. The van der Waals surface area contributed by atoms with Crippen LogP contribution in [0.15, 0.2) is 0 Å². The summed E-state index contributed by atoms with van der Waals surface area (Å²) in [6.45, 7) is 6.06. The molecule has 1 fully saturated rings. The van der Waals surface area contributed by atoms with Gasteiger partial charge in [-0.05, 0) is 18.3 Å². The summed E-state index contributed by atoms with van der Waals surface area (Å²) >= 11 is 0. The van der Waals surface area contributed by atoms with E-state index in [4.69, 9.17) is 0 Å². The monoisotopic (exact) mass is 190 g/mol. The molecule has 72 valence electrons. The summed E-state index contributed by atoms with van der Waals surface area (Å²) in [4.78, 5) is 0. The van der Waals surface area contributed by atoms with E-state index >= 15 is 0 Å². The molecule has 0 spiro atoms. The van der Waals surface area contributed by atoms with Crippen LogP contribution in [-0.4, -0.2) is 19.4 Å². The van der Waals surface area contributed by atoms with E-state index in [1.54, 1.807) is 0 Å². The van der Waals surface area contributed by atoms with Crippen LogP contribution in [0.5, 0.6) is 0 Å². The third-order valence-corrected chi connectivity index (χ3v) is 5.68. The lowest BCUT2D eigenvalue weighted by atomic mass is 9.67. The average molecular weight is 190 g/mol. The normalized spacial score (nSPS) is 23.3. The molecule has 1 aliphatic carbocycles. The van der Waals surface area contributed by atoms with Crippen molar-refractivity contribution in [3.63, 3.8) is 0 Å². The summed E-state index contributed by atoms with van der Waals surface area (Å²) in [6.07, 6.45) is 4.12. The second-order valence-corrected chi connectivity index (χ2v) is 7.20. The van der Waals surface area contributed by atoms with Crippen LogP contribution in [-0.2, 0) is 9.84 Å². The molecule has 0 aromatic heterocycles. The van der Waals surface area contributed by atoms with Crippen LogP contribution in [0.3, 0.4) is 0 Å². The lowest BCUT2D eigenvalue weighted by Gasteiger charge is -2.49. The quantitative estimate of drug-likeness (QED) is 0.633. The summed E-state index contributed by atoms with van der Waals surface area (Å²) in [5.41, 5.74) is -0.112. The molecule has 0 aromatic rings. The minimum absolute atomic E-state index is 0.112. The first-order valence-electron chi connectivity index (χ1n) is 4.40. The van der Waals surface area contributed by atoms with E-state index in [1.807, 2.05) is 20.8 Å². The molecule has 2 nitrogen and oxygen atoms in total. The highest BCUT2D eigenvalue weighted by Crippen LogP contribution is 2.51. The lowest BCUT2D eigenvalue weighted by Crippen LogP contribution is -2.54. The van der Waals surface area contributed by atoms with Gasteiger partial charge in [0.15, 0.2) is 9.84 Å². The Morgan fingerprint density at radius 3 is 1.58 bits per heavy atom. The zero-order valence-electron chi connectivity index (χ0n) is 8.35. The first kappa shape index (κ1) is 10.0. The Labute approximate surface area is 75.3 Å². The van der Waals surface area contributed by atoms with Crippen LogP contribution < -0.4 is 0 Å². The Balaban J connectivity index is 3.09. The molecule has 0 amide bonds. The van der Waals surface area contributed by atoms with Crippen molar-refractivity contribution in [2.45, 2.75) is 44.8 Å².